The Morgan fingerprint density at radius 3 is 1.62 bits per heavy atom. The number of hydrogen-bond donors (Lipinski definition) is 1. The van der Waals surface area contributed by atoms with E-state index in [-0.39, 0.29) is 11.4 Å². The Kier molecular flexibility index (Phi) is 12.3. The number of esters is 1. The monoisotopic (exact) mass is 539 g/mol. The van der Waals surface area contributed by atoms with Crippen LogP contribution in [0.5, 0.6) is 11.5 Å². The van der Waals surface area contributed by atoms with Crippen LogP contribution in [0, 0.1) is 23.2 Å². The largest absolute Gasteiger partial charge is 0.493 e. The van der Waals surface area contributed by atoms with Crippen LogP contribution in [0.4, 0.5) is 5.69 Å². The van der Waals surface area contributed by atoms with Crippen LogP contribution in [0.1, 0.15) is 148 Å². The summed E-state index contributed by atoms with van der Waals surface area (Å²) >= 11 is 0. The molecule has 4 saturated carbocycles. The van der Waals surface area contributed by atoms with Crippen LogP contribution >= 0.6 is 0 Å². The number of anilines is 1. The highest BCUT2D eigenvalue weighted by atomic mass is 16.5. The van der Waals surface area contributed by atoms with Crippen molar-refractivity contribution < 1.29 is 14.3 Å². The summed E-state index contributed by atoms with van der Waals surface area (Å²) in [6.07, 6.45) is 28.8. The van der Waals surface area contributed by atoms with Gasteiger partial charge in [-0.2, -0.15) is 0 Å². The van der Waals surface area contributed by atoms with Gasteiger partial charge >= 0.3 is 5.97 Å². The normalized spacial score (nSPS) is 25.2. The summed E-state index contributed by atoms with van der Waals surface area (Å²) in [4.78, 5) is 13.3. The molecule has 0 atom stereocenters. The Hall–Kier alpha value is -1.71. The summed E-state index contributed by atoms with van der Waals surface area (Å²) in [5.41, 5.74) is 6.47. The lowest BCUT2D eigenvalue weighted by Gasteiger charge is -2.55. The molecule has 0 amide bonds. The second-order valence-electron chi connectivity index (χ2n) is 13.5. The quantitative estimate of drug-likeness (QED) is 0.0775. The molecule has 0 spiro atoms. The molecule has 4 heteroatoms. The molecule has 0 heterocycles. The summed E-state index contributed by atoms with van der Waals surface area (Å²) in [6, 6.07) is 5.45. The number of unbranched alkanes of at least 4 members (excludes halogenated alkanes) is 15. The lowest BCUT2D eigenvalue weighted by atomic mass is 9.49. The maximum Gasteiger partial charge on any atom is 0.317 e. The van der Waals surface area contributed by atoms with E-state index in [4.69, 9.17) is 15.2 Å². The molecule has 0 radical (unpaired) electrons. The van der Waals surface area contributed by atoms with Gasteiger partial charge in [-0.15, -0.1) is 0 Å². The molecule has 0 aliphatic heterocycles. The third-order valence-electron chi connectivity index (χ3n) is 9.85. The predicted molar refractivity (Wildman–Crippen MR) is 162 cm³/mol. The van der Waals surface area contributed by atoms with E-state index in [1.807, 2.05) is 12.1 Å². The van der Waals surface area contributed by atoms with Gasteiger partial charge < -0.3 is 15.2 Å². The molecular weight excluding hydrogens is 482 g/mol. The number of nitrogen functional groups attached to an aromatic ring is 1. The summed E-state index contributed by atoms with van der Waals surface area (Å²) in [7, 11) is 0. The van der Waals surface area contributed by atoms with Gasteiger partial charge in [0.15, 0.2) is 0 Å². The Labute approximate surface area is 239 Å². The van der Waals surface area contributed by atoms with Crippen LogP contribution in [0.25, 0.3) is 0 Å². The van der Waals surface area contributed by atoms with Gasteiger partial charge in [0, 0.05) is 23.9 Å². The maximum atomic E-state index is 13.3. The molecule has 4 aliphatic carbocycles. The summed E-state index contributed by atoms with van der Waals surface area (Å²) in [5.74, 6) is 3.40. The van der Waals surface area contributed by atoms with Gasteiger partial charge in [0.25, 0.3) is 0 Å². The van der Waals surface area contributed by atoms with E-state index in [2.05, 4.69) is 6.92 Å². The van der Waals surface area contributed by atoms with Crippen molar-refractivity contribution in [3.8, 4) is 11.5 Å². The van der Waals surface area contributed by atoms with Crippen molar-refractivity contribution in [3.05, 3.63) is 18.2 Å². The fourth-order valence-electron chi connectivity index (χ4n) is 8.15. The topological polar surface area (TPSA) is 61.6 Å². The molecule has 220 valence electrons. The minimum atomic E-state index is -0.256. The highest BCUT2D eigenvalue weighted by Crippen LogP contribution is 2.60. The minimum Gasteiger partial charge on any atom is -0.493 e. The van der Waals surface area contributed by atoms with Crippen LogP contribution in [0.2, 0.25) is 0 Å². The standard InChI is InChI=1S/C35H57NO3/c1-2-3-4-5-6-7-8-9-10-11-12-13-14-15-16-17-18-38-32-22-31(36)23-33(24-32)39-34(37)35-25-28-19-29(26-35)21-30(20-28)27-35/h22-24,28-30H,2-21,25-27,36H2,1H3. The number of benzene rings is 1. The van der Waals surface area contributed by atoms with Crippen molar-refractivity contribution in [1.29, 1.82) is 0 Å². The average molecular weight is 540 g/mol. The van der Waals surface area contributed by atoms with Crippen molar-refractivity contribution >= 4 is 11.7 Å². The molecule has 4 fully saturated rings. The van der Waals surface area contributed by atoms with Gasteiger partial charge in [0.2, 0.25) is 0 Å². The Morgan fingerprint density at radius 1 is 0.692 bits per heavy atom. The van der Waals surface area contributed by atoms with Crippen LogP contribution < -0.4 is 15.2 Å². The van der Waals surface area contributed by atoms with E-state index in [9.17, 15) is 4.79 Å². The van der Waals surface area contributed by atoms with Crippen molar-refractivity contribution in [2.24, 2.45) is 23.2 Å². The first kappa shape index (κ1) is 30.3. The Balaban J connectivity index is 1.03. The van der Waals surface area contributed by atoms with Crippen molar-refractivity contribution in [3.63, 3.8) is 0 Å². The molecule has 5 rings (SSSR count). The molecule has 1 aromatic carbocycles. The van der Waals surface area contributed by atoms with Crippen LogP contribution in [-0.2, 0) is 4.79 Å². The molecule has 2 N–H and O–H groups in total. The van der Waals surface area contributed by atoms with Crippen molar-refractivity contribution in [2.75, 3.05) is 12.3 Å². The molecule has 4 aliphatic rings. The van der Waals surface area contributed by atoms with Crippen LogP contribution in [0.15, 0.2) is 18.2 Å². The SMILES string of the molecule is CCCCCCCCCCCCCCCCCCOc1cc(N)cc(OC(=O)C23CC4CC(CC(C4)C2)C3)c1. The highest BCUT2D eigenvalue weighted by molar-refractivity contribution is 5.80. The number of carbonyl (C=O) groups is 1. The van der Waals surface area contributed by atoms with Gasteiger partial charge in [-0.3, -0.25) is 4.79 Å². The van der Waals surface area contributed by atoms with Crippen molar-refractivity contribution in [2.45, 2.75) is 148 Å². The molecule has 0 saturated heterocycles. The molecule has 0 unspecified atom stereocenters. The third kappa shape index (κ3) is 9.71. The fraction of sp³-hybridized carbons (Fsp3) is 0.800. The van der Waals surface area contributed by atoms with Gasteiger partial charge in [-0.05, 0) is 62.7 Å². The first-order valence-electron chi connectivity index (χ1n) is 16.8. The predicted octanol–water partition coefficient (Wildman–Crippen LogP) is 10.0. The minimum absolute atomic E-state index is 0.0315. The van der Waals surface area contributed by atoms with E-state index >= 15 is 0 Å². The molecule has 0 aromatic heterocycles. The van der Waals surface area contributed by atoms with Crippen LogP contribution in [0.3, 0.4) is 0 Å². The zero-order valence-electron chi connectivity index (χ0n) is 25.0. The van der Waals surface area contributed by atoms with Gasteiger partial charge in [0.1, 0.15) is 11.5 Å². The Bertz CT molecular complexity index is 830. The second kappa shape index (κ2) is 15.9. The van der Waals surface area contributed by atoms with Crippen molar-refractivity contribution in [1.82, 2.24) is 0 Å². The lowest BCUT2D eigenvalue weighted by molar-refractivity contribution is -0.161. The van der Waals surface area contributed by atoms with E-state index < -0.39 is 0 Å². The molecule has 4 nitrogen and oxygen atoms in total. The van der Waals surface area contributed by atoms with E-state index in [1.165, 1.54) is 116 Å². The zero-order chi connectivity index (χ0) is 27.3. The van der Waals surface area contributed by atoms with Crippen LogP contribution in [-0.4, -0.2) is 12.6 Å². The molecular formula is C35H57NO3. The summed E-state index contributed by atoms with van der Waals surface area (Å²) in [5, 5.41) is 0. The number of carbonyl (C=O) groups excluding carboxylic acids is 1. The molecule has 4 bridgehead atoms. The third-order valence-corrected chi connectivity index (χ3v) is 9.85. The van der Waals surface area contributed by atoms with E-state index in [0.29, 0.717) is 23.8 Å². The first-order chi connectivity index (χ1) is 19.1. The van der Waals surface area contributed by atoms with E-state index in [1.54, 1.807) is 6.07 Å². The summed E-state index contributed by atoms with van der Waals surface area (Å²) in [6.45, 7) is 2.97. The molecule has 1 aromatic rings. The average Bonchev–Trinajstić information content (AvgIpc) is 2.89. The number of rotatable bonds is 20. The smallest absolute Gasteiger partial charge is 0.317 e. The zero-order valence-corrected chi connectivity index (χ0v) is 25.0. The van der Waals surface area contributed by atoms with Gasteiger partial charge in [-0.1, -0.05) is 103 Å². The van der Waals surface area contributed by atoms with Gasteiger partial charge in [-0.25, -0.2) is 0 Å². The highest BCUT2D eigenvalue weighted by Gasteiger charge is 2.55. The lowest BCUT2D eigenvalue weighted by Crippen LogP contribution is -2.51. The van der Waals surface area contributed by atoms with Gasteiger partial charge in [0.05, 0.1) is 12.0 Å². The summed E-state index contributed by atoms with van der Waals surface area (Å²) < 4.78 is 12.0. The number of nitrogens with two attached hydrogens (primary N) is 1. The maximum absolute atomic E-state index is 13.3. The second-order valence-corrected chi connectivity index (χ2v) is 13.5. The first-order valence-corrected chi connectivity index (χ1v) is 16.8. The number of ether oxygens (including phenoxy) is 2. The van der Waals surface area contributed by atoms with E-state index in [0.717, 1.165) is 43.4 Å². The Morgan fingerprint density at radius 2 is 1.13 bits per heavy atom. The number of hydrogen-bond acceptors (Lipinski definition) is 4. The molecule has 39 heavy (non-hydrogen) atoms. The fourth-order valence-corrected chi connectivity index (χ4v) is 8.15.